The van der Waals surface area contributed by atoms with Crippen LogP contribution in [-0.4, -0.2) is 76.2 Å². The monoisotopic (exact) mass is 502 g/mol. The molecule has 35 heavy (non-hydrogen) atoms. The average Bonchev–Trinajstić information content (AvgIpc) is 3.45. The smallest absolute Gasteiger partial charge is 0.153 e. The number of anilines is 2. The molecule has 0 saturated carbocycles. The van der Waals surface area contributed by atoms with Crippen molar-refractivity contribution in [3.8, 4) is 11.3 Å². The Morgan fingerprint density at radius 2 is 1.97 bits per heavy atom. The fraction of sp³-hybridized carbons (Fsp3) is 0.640. The van der Waals surface area contributed by atoms with E-state index in [2.05, 4.69) is 14.8 Å². The zero-order chi connectivity index (χ0) is 24.7. The van der Waals surface area contributed by atoms with Crippen LogP contribution in [0.5, 0.6) is 0 Å². The van der Waals surface area contributed by atoms with Gasteiger partial charge < -0.3 is 30.5 Å². The van der Waals surface area contributed by atoms with Gasteiger partial charge in [0.15, 0.2) is 5.82 Å². The molecule has 1 spiro atoms. The normalized spacial score (nSPS) is 26.2. The number of ether oxygens (including phenoxy) is 1. The van der Waals surface area contributed by atoms with Gasteiger partial charge in [-0.25, -0.2) is 15.0 Å². The van der Waals surface area contributed by atoms with Gasteiger partial charge in [0.25, 0.3) is 0 Å². The molecule has 0 bridgehead atoms. The predicted octanol–water partition coefficient (Wildman–Crippen LogP) is 2.29. The second kappa shape index (κ2) is 9.78. The minimum absolute atomic E-state index is 0.0146. The van der Waals surface area contributed by atoms with E-state index in [1.165, 1.54) is 0 Å². The summed E-state index contributed by atoms with van der Waals surface area (Å²) in [6.07, 6.45) is 5.55. The highest BCUT2D eigenvalue weighted by atomic mass is 35.5. The number of pyridine rings is 1. The summed E-state index contributed by atoms with van der Waals surface area (Å²) in [5.74, 6) is 1.37. The standard InChI is InChI=1S/C25H35ClN6O3/c1-15-21(18-5-8-28-24(20(18)26)32-9-3-4-17(32)12-33)30-19(13-34)23(29-15)31-10-6-25(7-11-31)14-35-16(2)22(25)27/h5,8,16-17,22,33-34H,3-4,6-7,9-14,27H2,1-2H3/t16-,17?,22+/m0/s1. The molecule has 5 rings (SSSR count). The fourth-order valence-corrected chi connectivity index (χ4v) is 6.22. The van der Waals surface area contributed by atoms with E-state index in [-0.39, 0.29) is 36.8 Å². The van der Waals surface area contributed by atoms with Gasteiger partial charge in [-0.05, 0) is 45.6 Å². The molecule has 0 amide bonds. The van der Waals surface area contributed by atoms with E-state index in [9.17, 15) is 10.2 Å². The summed E-state index contributed by atoms with van der Waals surface area (Å²) in [6, 6.07) is 1.89. The number of nitrogens with zero attached hydrogens (tertiary/aromatic N) is 5. The quantitative estimate of drug-likeness (QED) is 0.565. The Kier molecular flexibility index (Phi) is 6.89. The Bertz CT molecular complexity index is 1080. The number of aryl methyl sites for hydroxylation is 1. The molecule has 3 atom stereocenters. The van der Waals surface area contributed by atoms with Crippen LogP contribution in [0.15, 0.2) is 12.3 Å². The van der Waals surface area contributed by atoms with E-state index in [4.69, 9.17) is 32.0 Å². The lowest BCUT2D eigenvalue weighted by molar-refractivity contribution is 0.0973. The number of aromatic nitrogens is 3. The second-order valence-corrected chi connectivity index (χ2v) is 10.5. The SMILES string of the molecule is Cc1nc(N2CCC3(CC2)CO[C@@H](C)[C@H]3N)c(CO)nc1-c1ccnc(N2CCCC2CO)c1Cl. The molecule has 9 nitrogen and oxygen atoms in total. The van der Waals surface area contributed by atoms with Gasteiger partial charge >= 0.3 is 0 Å². The maximum Gasteiger partial charge on any atom is 0.153 e. The van der Waals surface area contributed by atoms with Crippen molar-refractivity contribution in [2.24, 2.45) is 11.1 Å². The summed E-state index contributed by atoms with van der Waals surface area (Å²) in [5.41, 5.74) is 9.14. The maximum atomic E-state index is 10.2. The van der Waals surface area contributed by atoms with E-state index in [1.807, 2.05) is 19.9 Å². The van der Waals surface area contributed by atoms with Gasteiger partial charge in [-0.2, -0.15) is 0 Å². The zero-order valence-corrected chi connectivity index (χ0v) is 21.2. The van der Waals surface area contributed by atoms with Crippen LogP contribution in [0.25, 0.3) is 11.3 Å². The highest BCUT2D eigenvalue weighted by Gasteiger charge is 2.47. The van der Waals surface area contributed by atoms with Crippen molar-refractivity contribution in [3.63, 3.8) is 0 Å². The van der Waals surface area contributed by atoms with Gasteiger partial charge in [-0.1, -0.05) is 11.6 Å². The van der Waals surface area contributed by atoms with Gasteiger partial charge in [0, 0.05) is 42.9 Å². The van der Waals surface area contributed by atoms with Crippen molar-refractivity contribution in [1.82, 2.24) is 15.0 Å². The number of halogens is 1. The number of rotatable bonds is 5. The minimum Gasteiger partial charge on any atom is -0.394 e. The fourth-order valence-electron chi connectivity index (χ4n) is 5.91. The molecule has 5 heterocycles. The van der Waals surface area contributed by atoms with Crippen molar-refractivity contribution < 1.29 is 14.9 Å². The zero-order valence-electron chi connectivity index (χ0n) is 20.5. The highest BCUT2D eigenvalue weighted by Crippen LogP contribution is 2.43. The summed E-state index contributed by atoms with van der Waals surface area (Å²) in [7, 11) is 0. The number of nitrogens with two attached hydrogens (primary N) is 1. The Morgan fingerprint density at radius 3 is 2.63 bits per heavy atom. The van der Waals surface area contributed by atoms with Crippen LogP contribution in [0.3, 0.4) is 0 Å². The molecule has 3 aliphatic rings. The van der Waals surface area contributed by atoms with Crippen molar-refractivity contribution in [1.29, 1.82) is 0 Å². The van der Waals surface area contributed by atoms with E-state index >= 15 is 0 Å². The van der Waals surface area contributed by atoms with Gasteiger partial charge in [-0.3, -0.25) is 0 Å². The molecule has 2 aromatic heterocycles. The third-order valence-electron chi connectivity index (χ3n) is 8.16. The Balaban J connectivity index is 1.43. The van der Waals surface area contributed by atoms with Crippen molar-refractivity contribution >= 4 is 23.2 Å². The van der Waals surface area contributed by atoms with Gasteiger partial charge in [0.1, 0.15) is 11.5 Å². The lowest BCUT2D eigenvalue weighted by Crippen LogP contribution is -2.51. The lowest BCUT2D eigenvalue weighted by Gasteiger charge is -2.42. The number of piperidine rings is 1. The van der Waals surface area contributed by atoms with Crippen molar-refractivity contribution in [2.75, 3.05) is 42.6 Å². The third-order valence-corrected chi connectivity index (χ3v) is 8.53. The predicted molar refractivity (Wildman–Crippen MR) is 136 cm³/mol. The lowest BCUT2D eigenvalue weighted by atomic mass is 9.73. The van der Waals surface area contributed by atoms with Crippen molar-refractivity contribution in [3.05, 3.63) is 28.7 Å². The first-order valence-electron chi connectivity index (χ1n) is 12.5. The van der Waals surface area contributed by atoms with E-state index in [0.29, 0.717) is 28.8 Å². The minimum atomic E-state index is -0.217. The molecule has 3 aliphatic heterocycles. The molecular formula is C25H35ClN6O3. The molecule has 190 valence electrons. The van der Waals surface area contributed by atoms with Crippen LogP contribution in [0.1, 0.15) is 44.0 Å². The molecule has 2 aromatic rings. The van der Waals surface area contributed by atoms with E-state index in [1.54, 1.807) is 6.20 Å². The van der Waals surface area contributed by atoms with Crippen molar-refractivity contribution in [2.45, 2.75) is 64.3 Å². The molecule has 10 heteroatoms. The summed E-state index contributed by atoms with van der Waals surface area (Å²) in [4.78, 5) is 18.5. The molecule has 4 N–H and O–H groups in total. The number of aliphatic hydroxyl groups excluding tert-OH is 2. The maximum absolute atomic E-state index is 10.2. The summed E-state index contributed by atoms with van der Waals surface area (Å²) >= 11 is 6.85. The first-order chi connectivity index (χ1) is 16.9. The molecule has 0 radical (unpaired) electrons. The van der Waals surface area contributed by atoms with Crippen LogP contribution < -0.4 is 15.5 Å². The molecule has 1 unspecified atom stereocenters. The third kappa shape index (κ3) is 4.27. The Labute approximate surface area is 211 Å². The van der Waals surface area contributed by atoms with E-state index in [0.717, 1.165) is 62.4 Å². The molecule has 0 aliphatic carbocycles. The number of aliphatic hydroxyl groups is 2. The first-order valence-corrected chi connectivity index (χ1v) is 12.9. The summed E-state index contributed by atoms with van der Waals surface area (Å²) in [5, 5.41) is 20.5. The molecule has 0 aromatic carbocycles. The highest BCUT2D eigenvalue weighted by molar-refractivity contribution is 6.35. The van der Waals surface area contributed by atoms with Crippen LogP contribution in [0.2, 0.25) is 5.02 Å². The Morgan fingerprint density at radius 1 is 1.20 bits per heavy atom. The molecular weight excluding hydrogens is 468 g/mol. The average molecular weight is 503 g/mol. The van der Waals surface area contributed by atoms with Crippen LogP contribution in [0, 0.1) is 12.3 Å². The van der Waals surface area contributed by atoms with Crippen LogP contribution in [0.4, 0.5) is 11.6 Å². The first kappa shape index (κ1) is 24.6. The van der Waals surface area contributed by atoms with Gasteiger partial charge in [-0.15, -0.1) is 0 Å². The van der Waals surface area contributed by atoms with Gasteiger partial charge in [0.2, 0.25) is 0 Å². The summed E-state index contributed by atoms with van der Waals surface area (Å²) < 4.78 is 5.85. The van der Waals surface area contributed by atoms with Crippen LogP contribution >= 0.6 is 11.6 Å². The largest absolute Gasteiger partial charge is 0.394 e. The second-order valence-electron chi connectivity index (χ2n) is 10.1. The Hall–Kier alpha value is -2.04. The number of hydrogen-bond acceptors (Lipinski definition) is 9. The molecule has 3 fully saturated rings. The van der Waals surface area contributed by atoms with Gasteiger partial charge in [0.05, 0.1) is 48.4 Å². The number of hydrogen-bond donors (Lipinski definition) is 3. The molecule has 3 saturated heterocycles. The topological polar surface area (TPSA) is 121 Å². The van der Waals surface area contributed by atoms with Crippen LogP contribution in [-0.2, 0) is 11.3 Å². The van der Waals surface area contributed by atoms with E-state index < -0.39 is 0 Å². The summed E-state index contributed by atoms with van der Waals surface area (Å²) in [6.45, 7) is 6.91.